The number of carbonyl (C=O) groups excluding carboxylic acids is 1. The second kappa shape index (κ2) is 8.23. The summed E-state index contributed by atoms with van der Waals surface area (Å²) in [6, 6.07) is 15.5. The Hall–Kier alpha value is -3.85. The molecule has 0 fully saturated rings. The molecule has 3 aromatic rings. The maximum absolute atomic E-state index is 12.2. The lowest BCUT2D eigenvalue weighted by molar-refractivity contribution is -0.141. The van der Waals surface area contributed by atoms with Gasteiger partial charge in [-0.05, 0) is 35.4 Å². The van der Waals surface area contributed by atoms with E-state index in [0.717, 1.165) is 16.5 Å². The molecule has 6 heteroatoms. The summed E-state index contributed by atoms with van der Waals surface area (Å²) in [5, 5.41) is 22.0. The molecule has 1 heterocycles. The number of hydrogen-bond donors (Lipinski definition) is 2. The number of hydrogen-bond acceptors (Lipinski definition) is 3. The molecule has 0 spiro atoms. The predicted octanol–water partition coefficient (Wildman–Crippen LogP) is 2.88. The fraction of sp³-hybridized carbons (Fsp3) is 0.136. The van der Waals surface area contributed by atoms with Crippen LogP contribution in [0.5, 0.6) is 0 Å². The fourth-order valence-corrected chi connectivity index (χ4v) is 3.11. The Labute approximate surface area is 162 Å². The Morgan fingerprint density at radius 3 is 2.79 bits per heavy atom. The van der Waals surface area contributed by atoms with Gasteiger partial charge < -0.3 is 15.0 Å². The van der Waals surface area contributed by atoms with Gasteiger partial charge in [-0.3, -0.25) is 4.79 Å². The van der Waals surface area contributed by atoms with Gasteiger partial charge in [-0.2, -0.15) is 5.26 Å². The van der Waals surface area contributed by atoms with Crippen LogP contribution in [-0.4, -0.2) is 27.6 Å². The molecular formula is C22H19N3O3. The van der Waals surface area contributed by atoms with E-state index in [2.05, 4.69) is 5.32 Å². The lowest BCUT2D eigenvalue weighted by Crippen LogP contribution is -2.41. The summed E-state index contributed by atoms with van der Waals surface area (Å²) < 4.78 is 1.94. The molecule has 0 aliphatic rings. The zero-order chi connectivity index (χ0) is 20.1. The van der Waals surface area contributed by atoms with Crippen LogP contribution in [0.4, 0.5) is 0 Å². The highest BCUT2D eigenvalue weighted by Crippen LogP contribution is 2.21. The number of nitriles is 1. The van der Waals surface area contributed by atoms with Gasteiger partial charge in [0.05, 0.1) is 11.6 Å². The van der Waals surface area contributed by atoms with E-state index < -0.39 is 17.9 Å². The van der Waals surface area contributed by atoms with Gasteiger partial charge >= 0.3 is 5.97 Å². The molecule has 3 rings (SSSR count). The second-order valence-corrected chi connectivity index (χ2v) is 6.46. The molecule has 6 nitrogen and oxygen atoms in total. The van der Waals surface area contributed by atoms with Crippen LogP contribution in [0.15, 0.2) is 60.8 Å². The third-order valence-electron chi connectivity index (χ3n) is 4.46. The van der Waals surface area contributed by atoms with E-state index in [1.807, 2.05) is 48.1 Å². The van der Waals surface area contributed by atoms with Crippen LogP contribution in [0.25, 0.3) is 17.0 Å². The van der Waals surface area contributed by atoms with Crippen LogP contribution < -0.4 is 5.32 Å². The first-order valence-corrected chi connectivity index (χ1v) is 8.72. The molecule has 0 radical (unpaired) electrons. The summed E-state index contributed by atoms with van der Waals surface area (Å²) in [5.41, 5.74) is 3.04. The molecule has 0 aliphatic carbocycles. The number of para-hydroxylation sites is 1. The van der Waals surface area contributed by atoms with E-state index >= 15 is 0 Å². The van der Waals surface area contributed by atoms with E-state index in [0.29, 0.717) is 11.1 Å². The molecule has 0 bridgehead atoms. The minimum atomic E-state index is -1.10. The second-order valence-electron chi connectivity index (χ2n) is 6.46. The summed E-state index contributed by atoms with van der Waals surface area (Å²) >= 11 is 0. The molecule has 0 saturated heterocycles. The molecule has 1 atom stereocenters. The summed E-state index contributed by atoms with van der Waals surface area (Å²) in [7, 11) is 1.90. The van der Waals surface area contributed by atoms with Crippen LogP contribution in [0.1, 0.15) is 16.7 Å². The van der Waals surface area contributed by atoms with Crippen molar-refractivity contribution in [2.75, 3.05) is 0 Å². The van der Waals surface area contributed by atoms with Gasteiger partial charge in [0.25, 0.3) is 0 Å². The van der Waals surface area contributed by atoms with Crippen LogP contribution in [-0.2, 0) is 23.1 Å². The number of carbonyl (C=O) groups is 2. The number of aryl methyl sites for hydroxylation is 1. The molecule has 140 valence electrons. The number of aliphatic carboxylic acids is 1. The molecule has 2 N–H and O–H groups in total. The van der Waals surface area contributed by atoms with Crippen LogP contribution in [0, 0.1) is 11.3 Å². The normalized spacial score (nSPS) is 12.0. The van der Waals surface area contributed by atoms with Crippen LogP contribution >= 0.6 is 0 Å². The Morgan fingerprint density at radius 2 is 2.04 bits per heavy atom. The highest BCUT2D eigenvalue weighted by atomic mass is 16.4. The zero-order valence-electron chi connectivity index (χ0n) is 15.3. The van der Waals surface area contributed by atoms with Gasteiger partial charge in [0.15, 0.2) is 0 Å². The largest absolute Gasteiger partial charge is 0.480 e. The van der Waals surface area contributed by atoms with Crippen molar-refractivity contribution in [3.05, 3.63) is 77.5 Å². The topological polar surface area (TPSA) is 95.1 Å². The number of amides is 1. The maximum Gasteiger partial charge on any atom is 0.326 e. The fourth-order valence-electron chi connectivity index (χ4n) is 3.11. The average molecular weight is 373 g/mol. The van der Waals surface area contributed by atoms with Gasteiger partial charge in [0.1, 0.15) is 6.04 Å². The third-order valence-corrected chi connectivity index (χ3v) is 4.46. The first kappa shape index (κ1) is 18.9. The smallest absolute Gasteiger partial charge is 0.326 e. The summed E-state index contributed by atoms with van der Waals surface area (Å²) in [5.74, 6) is -1.60. The van der Waals surface area contributed by atoms with Crippen molar-refractivity contribution >= 4 is 28.9 Å². The van der Waals surface area contributed by atoms with E-state index in [9.17, 15) is 14.7 Å². The van der Waals surface area contributed by atoms with Crippen molar-refractivity contribution in [1.82, 2.24) is 9.88 Å². The SMILES string of the molecule is Cn1cc(C[C@H](NC(=O)C=Cc2cccc(C#N)c2)C(=O)O)c2ccccc21. The minimum Gasteiger partial charge on any atom is -0.480 e. The Balaban J connectivity index is 1.74. The van der Waals surface area contributed by atoms with E-state index in [-0.39, 0.29) is 6.42 Å². The van der Waals surface area contributed by atoms with Crippen LogP contribution in [0.2, 0.25) is 0 Å². The number of nitrogens with zero attached hydrogens (tertiary/aromatic N) is 2. The Kier molecular flexibility index (Phi) is 5.56. The predicted molar refractivity (Wildman–Crippen MR) is 106 cm³/mol. The number of benzene rings is 2. The van der Waals surface area contributed by atoms with Crippen molar-refractivity contribution in [3.63, 3.8) is 0 Å². The van der Waals surface area contributed by atoms with Gasteiger partial charge in [-0.25, -0.2) is 4.79 Å². The Bertz CT molecular complexity index is 1110. The molecule has 1 amide bonds. The van der Waals surface area contributed by atoms with Crippen molar-refractivity contribution in [1.29, 1.82) is 5.26 Å². The Morgan fingerprint density at radius 1 is 1.25 bits per heavy atom. The number of carboxylic acid groups (broad SMARTS) is 1. The average Bonchev–Trinajstić information content (AvgIpc) is 3.02. The first-order valence-electron chi connectivity index (χ1n) is 8.72. The summed E-state index contributed by atoms with van der Waals surface area (Å²) in [4.78, 5) is 23.9. The lowest BCUT2D eigenvalue weighted by atomic mass is 10.0. The van der Waals surface area contributed by atoms with E-state index in [4.69, 9.17) is 5.26 Å². The summed E-state index contributed by atoms with van der Waals surface area (Å²) in [6.07, 6.45) is 4.89. The minimum absolute atomic E-state index is 0.181. The van der Waals surface area contributed by atoms with Crippen molar-refractivity contribution < 1.29 is 14.7 Å². The first-order chi connectivity index (χ1) is 13.5. The highest BCUT2D eigenvalue weighted by molar-refractivity contribution is 5.94. The van der Waals surface area contributed by atoms with Gasteiger partial charge in [0.2, 0.25) is 5.91 Å². The molecule has 0 aliphatic heterocycles. The monoisotopic (exact) mass is 373 g/mol. The zero-order valence-corrected chi connectivity index (χ0v) is 15.3. The number of nitrogens with one attached hydrogen (secondary N) is 1. The molecular weight excluding hydrogens is 354 g/mol. The van der Waals surface area contributed by atoms with Crippen molar-refractivity contribution in [2.24, 2.45) is 7.05 Å². The molecule has 0 unspecified atom stereocenters. The van der Waals surface area contributed by atoms with E-state index in [1.165, 1.54) is 6.08 Å². The maximum atomic E-state index is 12.2. The van der Waals surface area contributed by atoms with Crippen LogP contribution in [0.3, 0.4) is 0 Å². The van der Waals surface area contributed by atoms with Crippen molar-refractivity contribution in [2.45, 2.75) is 12.5 Å². The van der Waals surface area contributed by atoms with Gasteiger partial charge in [-0.15, -0.1) is 0 Å². The van der Waals surface area contributed by atoms with E-state index in [1.54, 1.807) is 30.3 Å². The molecule has 1 aromatic heterocycles. The number of fused-ring (bicyclic) bond motifs is 1. The number of carboxylic acids is 1. The lowest BCUT2D eigenvalue weighted by Gasteiger charge is -2.13. The van der Waals surface area contributed by atoms with Gasteiger partial charge in [0, 0.05) is 36.6 Å². The highest BCUT2D eigenvalue weighted by Gasteiger charge is 2.21. The number of rotatable bonds is 6. The molecule has 2 aromatic carbocycles. The third kappa shape index (κ3) is 4.27. The van der Waals surface area contributed by atoms with Crippen molar-refractivity contribution in [3.8, 4) is 6.07 Å². The van der Waals surface area contributed by atoms with Gasteiger partial charge in [-0.1, -0.05) is 30.3 Å². The molecule has 28 heavy (non-hydrogen) atoms. The standard InChI is InChI=1S/C22H19N3O3/c1-25-14-17(18-7-2-3-8-20(18)25)12-19(22(27)28)24-21(26)10-9-15-5-4-6-16(11-15)13-23/h2-11,14,19H,12H2,1H3,(H,24,26)(H,27,28)/t19-/m0/s1. The molecule has 0 saturated carbocycles. The number of aromatic nitrogens is 1. The summed E-state index contributed by atoms with van der Waals surface area (Å²) in [6.45, 7) is 0. The quantitative estimate of drug-likeness (QED) is 0.650.